The van der Waals surface area contributed by atoms with E-state index in [2.05, 4.69) is 0 Å². The van der Waals surface area contributed by atoms with Crippen LogP contribution in [0.15, 0.2) is 29.7 Å². The smallest absolute Gasteiger partial charge is 0.400 e. The maximum Gasteiger partial charge on any atom is 0.492 e. The minimum Gasteiger partial charge on any atom is -0.400 e. The molecule has 1 aliphatic rings. The van der Waals surface area contributed by atoms with Crippen LogP contribution in [-0.2, 0) is 15.5 Å². The lowest BCUT2D eigenvalue weighted by atomic mass is 9.77. The van der Waals surface area contributed by atoms with Gasteiger partial charge in [0.05, 0.1) is 23.4 Å². The first kappa shape index (κ1) is 18.0. The third-order valence-electron chi connectivity index (χ3n) is 4.33. The molecule has 126 valence electrons. The first-order chi connectivity index (χ1) is 10.5. The maximum atomic E-state index is 12.6. The molecule has 0 aromatic heterocycles. The van der Waals surface area contributed by atoms with Crippen LogP contribution < -0.4 is 0 Å². The van der Waals surface area contributed by atoms with E-state index in [-0.39, 0.29) is 6.61 Å². The normalized spacial score (nSPS) is 20.9. The van der Waals surface area contributed by atoms with Gasteiger partial charge in [-0.15, -0.1) is 0 Å². The Morgan fingerprint density at radius 1 is 1.09 bits per heavy atom. The molecule has 2 rings (SSSR count). The zero-order chi connectivity index (χ0) is 17.5. The van der Waals surface area contributed by atoms with Crippen LogP contribution >= 0.6 is 0 Å². The fraction of sp³-hybridized carbons (Fsp3) is 0.500. The molecule has 23 heavy (non-hydrogen) atoms. The van der Waals surface area contributed by atoms with Crippen molar-refractivity contribution in [2.45, 2.75) is 45.1 Å². The molecule has 3 nitrogen and oxygen atoms in total. The van der Waals surface area contributed by atoms with Gasteiger partial charge in [-0.05, 0) is 50.9 Å². The monoisotopic (exact) mass is 328 g/mol. The van der Waals surface area contributed by atoms with Crippen molar-refractivity contribution < 1.29 is 27.6 Å². The van der Waals surface area contributed by atoms with E-state index < -0.39 is 30.1 Å². The number of benzene rings is 1. The molecule has 0 bridgehead atoms. The highest BCUT2D eigenvalue weighted by Gasteiger charge is 2.52. The van der Waals surface area contributed by atoms with Gasteiger partial charge < -0.3 is 14.4 Å². The van der Waals surface area contributed by atoms with Gasteiger partial charge in [0, 0.05) is 0 Å². The van der Waals surface area contributed by atoms with E-state index in [0.29, 0.717) is 11.0 Å². The number of rotatable bonds is 3. The average Bonchev–Trinajstić information content (AvgIpc) is 2.64. The quantitative estimate of drug-likeness (QED) is 0.860. The summed E-state index contributed by atoms with van der Waals surface area (Å²) in [7, 11) is -0.729. The molecule has 1 aromatic rings. The van der Waals surface area contributed by atoms with Crippen molar-refractivity contribution >= 4 is 13.2 Å². The third kappa shape index (κ3) is 3.79. The molecule has 1 fully saturated rings. The van der Waals surface area contributed by atoms with Crippen molar-refractivity contribution in [1.82, 2.24) is 0 Å². The van der Waals surface area contributed by atoms with Gasteiger partial charge in [-0.3, -0.25) is 0 Å². The Balaban J connectivity index is 2.23. The second kappa shape index (κ2) is 5.96. The van der Waals surface area contributed by atoms with Crippen LogP contribution in [0, 0.1) is 0 Å². The average molecular weight is 328 g/mol. The second-order valence-corrected chi connectivity index (χ2v) is 6.59. The Bertz CT molecular complexity index is 576. The Hall–Kier alpha value is -1.31. The molecule has 7 heteroatoms. The lowest BCUT2D eigenvalue weighted by Gasteiger charge is -2.32. The van der Waals surface area contributed by atoms with Gasteiger partial charge in [-0.2, -0.15) is 13.2 Å². The van der Waals surface area contributed by atoms with Gasteiger partial charge in [0.15, 0.2) is 0 Å². The molecule has 1 aliphatic heterocycles. The summed E-state index contributed by atoms with van der Waals surface area (Å²) < 4.78 is 49.4. The molecular weight excluding hydrogens is 308 g/mol. The van der Waals surface area contributed by atoms with Crippen LogP contribution in [0.4, 0.5) is 13.2 Å². The van der Waals surface area contributed by atoms with Crippen LogP contribution in [0.3, 0.4) is 0 Å². The summed E-state index contributed by atoms with van der Waals surface area (Å²) in [4.78, 5) is 0. The second-order valence-electron chi connectivity index (χ2n) is 6.59. The molecule has 0 amide bonds. The number of aliphatic hydroxyl groups is 1. The van der Waals surface area contributed by atoms with E-state index in [0.717, 1.165) is 12.1 Å². The van der Waals surface area contributed by atoms with Gasteiger partial charge in [0.25, 0.3) is 0 Å². The van der Waals surface area contributed by atoms with E-state index in [1.807, 2.05) is 27.7 Å². The van der Waals surface area contributed by atoms with Crippen molar-refractivity contribution in [3.8, 4) is 0 Å². The summed E-state index contributed by atoms with van der Waals surface area (Å²) in [6, 6.07) is 4.71. The van der Waals surface area contributed by atoms with Crippen LogP contribution in [-0.4, -0.2) is 30.0 Å². The van der Waals surface area contributed by atoms with Crippen molar-refractivity contribution in [3.63, 3.8) is 0 Å². The highest BCUT2D eigenvalue weighted by molar-refractivity contribution is 6.55. The predicted molar refractivity (Wildman–Crippen MR) is 82.6 cm³/mol. The Morgan fingerprint density at radius 2 is 1.57 bits per heavy atom. The van der Waals surface area contributed by atoms with Gasteiger partial charge in [0.1, 0.15) is 0 Å². The Labute approximate surface area is 134 Å². The van der Waals surface area contributed by atoms with E-state index >= 15 is 0 Å². The molecule has 1 heterocycles. The number of hydrogen-bond acceptors (Lipinski definition) is 3. The van der Waals surface area contributed by atoms with Gasteiger partial charge in [0.2, 0.25) is 0 Å². The van der Waals surface area contributed by atoms with Crippen molar-refractivity contribution in [3.05, 3.63) is 40.9 Å². The van der Waals surface area contributed by atoms with Gasteiger partial charge in [-0.1, -0.05) is 18.2 Å². The van der Waals surface area contributed by atoms with Crippen molar-refractivity contribution in [1.29, 1.82) is 0 Å². The zero-order valence-electron chi connectivity index (χ0n) is 13.6. The zero-order valence-corrected chi connectivity index (χ0v) is 13.6. The molecule has 1 saturated heterocycles. The van der Waals surface area contributed by atoms with Gasteiger partial charge in [-0.25, -0.2) is 0 Å². The van der Waals surface area contributed by atoms with E-state index in [4.69, 9.17) is 9.31 Å². The Morgan fingerprint density at radius 3 is 1.96 bits per heavy atom. The Kier molecular flexibility index (Phi) is 4.68. The molecule has 0 unspecified atom stereocenters. The molecule has 1 aromatic carbocycles. The largest absolute Gasteiger partial charge is 0.492 e. The molecule has 0 spiro atoms. The number of halogens is 3. The topological polar surface area (TPSA) is 38.7 Å². The minimum atomic E-state index is -4.37. The maximum absolute atomic E-state index is 12.6. The van der Waals surface area contributed by atoms with Crippen LogP contribution in [0.1, 0.15) is 38.8 Å². The van der Waals surface area contributed by atoms with E-state index in [1.165, 1.54) is 12.1 Å². The van der Waals surface area contributed by atoms with E-state index in [1.54, 1.807) is 6.08 Å². The van der Waals surface area contributed by atoms with Gasteiger partial charge >= 0.3 is 13.3 Å². The molecular formula is C16H20BF3O3. The first-order valence-corrected chi connectivity index (χ1v) is 7.30. The molecule has 0 atom stereocenters. The third-order valence-corrected chi connectivity index (χ3v) is 4.33. The van der Waals surface area contributed by atoms with Crippen LogP contribution in [0.25, 0.3) is 6.08 Å². The number of aliphatic hydroxyl groups excluding tert-OH is 1. The lowest BCUT2D eigenvalue weighted by molar-refractivity contribution is -0.137. The SMILES string of the molecule is CC1(C)OB(C(=Cc2ccc(C(F)(F)F)cc2)CO)OC1(C)C. The summed E-state index contributed by atoms with van der Waals surface area (Å²) in [5.41, 5.74) is -0.811. The summed E-state index contributed by atoms with van der Waals surface area (Å²) >= 11 is 0. The molecule has 0 aliphatic carbocycles. The standard InChI is InChI=1S/C16H20BF3O3/c1-14(2)15(3,4)23-17(22-14)13(10-21)9-11-5-7-12(8-6-11)16(18,19)20/h5-9,21H,10H2,1-4H3. The number of alkyl halides is 3. The predicted octanol–water partition coefficient (Wildman–Crippen LogP) is 3.71. The lowest BCUT2D eigenvalue weighted by Crippen LogP contribution is -2.41. The summed E-state index contributed by atoms with van der Waals surface area (Å²) in [5, 5.41) is 9.56. The highest BCUT2D eigenvalue weighted by Crippen LogP contribution is 2.38. The van der Waals surface area contributed by atoms with Crippen molar-refractivity contribution in [2.24, 2.45) is 0 Å². The fourth-order valence-electron chi connectivity index (χ4n) is 2.17. The van der Waals surface area contributed by atoms with E-state index in [9.17, 15) is 18.3 Å². The van der Waals surface area contributed by atoms with Crippen LogP contribution in [0.5, 0.6) is 0 Å². The van der Waals surface area contributed by atoms with Crippen molar-refractivity contribution in [2.75, 3.05) is 6.61 Å². The molecule has 1 N–H and O–H groups in total. The fourth-order valence-corrected chi connectivity index (χ4v) is 2.17. The summed E-state index contributed by atoms with van der Waals surface area (Å²) in [5.74, 6) is 0. The summed E-state index contributed by atoms with van der Waals surface area (Å²) in [6.07, 6.45) is -2.78. The van der Waals surface area contributed by atoms with Crippen LogP contribution in [0.2, 0.25) is 0 Å². The molecule has 0 saturated carbocycles. The first-order valence-electron chi connectivity index (χ1n) is 7.30. The molecule has 0 radical (unpaired) electrons. The minimum absolute atomic E-state index is 0.308. The summed E-state index contributed by atoms with van der Waals surface area (Å²) in [6.45, 7) is 7.25. The number of hydrogen-bond donors (Lipinski definition) is 1. The highest BCUT2D eigenvalue weighted by atomic mass is 19.4.